The van der Waals surface area contributed by atoms with Crippen LogP contribution in [-0.2, 0) is 0 Å². The number of amides is 2. The monoisotopic (exact) mass is 511 g/mol. The van der Waals surface area contributed by atoms with Crippen molar-refractivity contribution in [3.8, 4) is 0 Å². The average Bonchev–Trinajstić information content (AvgIpc) is 3.13. The molecule has 0 spiro atoms. The molecule has 164 valence electrons. The molecule has 0 saturated carbocycles. The summed E-state index contributed by atoms with van der Waals surface area (Å²) in [5.74, 6) is 0.952. The van der Waals surface area contributed by atoms with E-state index in [1.165, 1.54) is 0 Å². The Morgan fingerprint density at radius 2 is 1.94 bits per heavy atom. The predicted octanol–water partition coefficient (Wildman–Crippen LogP) is 5.96. The van der Waals surface area contributed by atoms with Crippen molar-refractivity contribution < 1.29 is 4.79 Å². The molecule has 1 fully saturated rings. The Morgan fingerprint density at radius 3 is 2.81 bits per heavy atom. The van der Waals surface area contributed by atoms with Gasteiger partial charge >= 0.3 is 6.03 Å². The van der Waals surface area contributed by atoms with Crippen molar-refractivity contribution in [3.05, 3.63) is 69.8 Å². The normalized spacial score (nSPS) is 14.7. The molecule has 0 radical (unpaired) electrons. The van der Waals surface area contributed by atoms with E-state index in [0.717, 1.165) is 57.6 Å². The molecule has 2 amide bonds. The first-order valence-electron chi connectivity index (χ1n) is 10.6. The van der Waals surface area contributed by atoms with Gasteiger partial charge in [-0.3, -0.25) is 0 Å². The Balaban J connectivity index is 1.38. The first-order valence-corrected chi connectivity index (χ1v) is 11.8. The second-order valence-corrected chi connectivity index (χ2v) is 9.40. The van der Waals surface area contributed by atoms with E-state index in [1.807, 2.05) is 42.2 Å². The molecule has 1 aliphatic heterocycles. The molecule has 1 N–H and O–H groups in total. The van der Waals surface area contributed by atoms with Crippen molar-refractivity contribution in [1.29, 1.82) is 0 Å². The first kappa shape index (κ1) is 21.1. The summed E-state index contributed by atoms with van der Waals surface area (Å²) in [6.45, 7) is 4.83. The van der Waals surface area contributed by atoms with E-state index >= 15 is 0 Å². The lowest BCUT2D eigenvalue weighted by Gasteiger charge is -2.24. The Morgan fingerprint density at radius 1 is 1.06 bits per heavy atom. The van der Waals surface area contributed by atoms with E-state index < -0.39 is 0 Å². The van der Waals surface area contributed by atoms with Gasteiger partial charge < -0.3 is 19.5 Å². The highest BCUT2D eigenvalue weighted by Gasteiger charge is 2.22. The van der Waals surface area contributed by atoms with Gasteiger partial charge in [0.2, 0.25) is 0 Å². The summed E-state index contributed by atoms with van der Waals surface area (Å²) in [5.41, 5.74) is 4.83. The number of anilines is 2. The van der Waals surface area contributed by atoms with Gasteiger partial charge in [-0.1, -0.05) is 33.6 Å². The zero-order chi connectivity index (χ0) is 22.2. The van der Waals surface area contributed by atoms with E-state index in [-0.39, 0.29) is 6.03 Å². The van der Waals surface area contributed by atoms with Crippen molar-refractivity contribution in [2.75, 3.05) is 36.4 Å². The largest absolute Gasteiger partial charge is 0.353 e. The molecule has 4 aromatic rings. The fraction of sp³-hybridized carbons (Fsp3) is 0.250. The number of nitrogens with one attached hydrogen (secondary N) is 1. The van der Waals surface area contributed by atoms with E-state index in [9.17, 15) is 4.79 Å². The molecule has 3 heterocycles. The van der Waals surface area contributed by atoms with E-state index in [0.29, 0.717) is 18.1 Å². The second-order valence-electron chi connectivity index (χ2n) is 8.05. The molecule has 0 bridgehead atoms. The van der Waals surface area contributed by atoms with Crippen molar-refractivity contribution in [2.45, 2.75) is 13.3 Å². The van der Waals surface area contributed by atoms with E-state index in [4.69, 9.17) is 16.6 Å². The zero-order valence-corrected chi connectivity index (χ0v) is 20.0. The number of rotatable bonds is 2. The van der Waals surface area contributed by atoms with Crippen LogP contribution in [0.2, 0.25) is 5.02 Å². The summed E-state index contributed by atoms with van der Waals surface area (Å²) in [4.78, 5) is 22.1. The summed E-state index contributed by atoms with van der Waals surface area (Å²) in [5, 5.41) is 3.63. The Kier molecular flexibility index (Phi) is 5.69. The van der Waals surface area contributed by atoms with Gasteiger partial charge in [-0.15, -0.1) is 0 Å². The van der Waals surface area contributed by atoms with Crippen molar-refractivity contribution in [3.63, 3.8) is 0 Å². The lowest BCUT2D eigenvalue weighted by Crippen LogP contribution is -2.38. The van der Waals surface area contributed by atoms with Crippen LogP contribution in [0.25, 0.3) is 16.6 Å². The van der Waals surface area contributed by atoms with Gasteiger partial charge in [0.15, 0.2) is 5.82 Å². The molecular formula is C24H23BrClN5O. The Labute approximate surface area is 199 Å². The van der Waals surface area contributed by atoms with Crippen LogP contribution in [0.4, 0.5) is 16.3 Å². The number of hydrogen-bond donors (Lipinski definition) is 1. The third-order valence-corrected chi connectivity index (χ3v) is 6.65. The highest BCUT2D eigenvalue weighted by atomic mass is 79.9. The summed E-state index contributed by atoms with van der Waals surface area (Å²) in [6.07, 6.45) is 2.94. The standard InChI is InChI=1S/C24H23BrClN5O/c1-16-5-7-18(26)15-19(16)28-24(32)30-10-3-9-29(12-13-30)23-22-4-2-11-31(22)21-8-6-17(25)14-20(21)27-23/h2,4-8,11,14-15H,3,9-10,12-13H2,1H3,(H,28,32). The Hall–Kier alpha value is -2.77. The van der Waals surface area contributed by atoms with Crippen molar-refractivity contribution in [1.82, 2.24) is 14.3 Å². The smallest absolute Gasteiger partial charge is 0.321 e. The number of nitrogens with zero attached hydrogens (tertiary/aromatic N) is 4. The fourth-order valence-electron chi connectivity index (χ4n) is 4.22. The molecule has 5 rings (SSSR count). The minimum Gasteiger partial charge on any atom is -0.353 e. The number of aromatic nitrogens is 2. The van der Waals surface area contributed by atoms with Crippen LogP contribution in [0.5, 0.6) is 0 Å². The summed E-state index contributed by atoms with van der Waals surface area (Å²) < 4.78 is 3.19. The number of benzene rings is 2. The highest BCUT2D eigenvalue weighted by molar-refractivity contribution is 9.10. The third-order valence-electron chi connectivity index (χ3n) is 5.93. The maximum atomic E-state index is 12.9. The molecule has 0 aliphatic carbocycles. The number of halogens is 2. The number of fused-ring (bicyclic) bond motifs is 3. The fourth-order valence-corrected chi connectivity index (χ4v) is 4.74. The molecule has 2 aromatic heterocycles. The predicted molar refractivity (Wildman–Crippen MR) is 134 cm³/mol. The number of carbonyl (C=O) groups is 1. The molecule has 6 nitrogen and oxygen atoms in total. The van der Waals surface area contributed by atoms with Crippen LogP contribution in [-0.4, -0.2) is 46.5 Å². The molecule has 32 heavy (non-hydrogen) atoms. The first-order chi connectivity index (χ1) is 15.5. The van der Waals surface area contributed by atoms with Crippen LogP contribution >= 0.6 is 27.5 Å². The van der Waals surface area contributed by atoms with Gasteiger partial charge in [0.05, 0.1) is 16.6 Å². The molecule has 0 unspecified atom stereocenters. The summed E-state index contributed by atoms with van der Waals surface area (Å²) >= 11 is 9.66. The topological polar surface area (TPSA) is 52.9 Å². The molecule has 1 aliphatic rings. The van der Waals surface area contributed by atoms with Crippen LogP contribution in [0.15, 0.2) is 59.2 Å². The molecule has 8 heteroatoms. The lowest BCUT2D eigenvalue weighted by molar-refractivity contribution is 0.215. The molecular weight excluding hydrogens is 490 g/mol. The highest BCUT2D eigenvalue weighted by Crippen LogP contribution is 2.28. The third kappa shape index (κ3) is 4.02. The van der Waals surface area contributed by atoms with Crippen molar-refractivity contribution in [2.24, 2.45) is 0 Å². The van der Waals surface area contributed by atoms with Gasteiger partial charge in [-0.2, -0.15) is 0 Å². The maximum absolute atomic E-state index is 12.9. The van der Waals surface area contributed by atoms with Gasteiger partial charge in [-0.25, -0.2) is 9.78 Å². The Bertz CT molecular complexity index is 1320. The zero-order valence-electron chi connectivity index (χ0n) is 17.7. The minimum absolute atomic E-state index is 0.0968. The number of carbonyl (C=O) groups excluding carboxylic acids is 1. The van der Waals surface area contributed by atoms with E-state index in [1.54, 1.807) is 6.07 Å². The lowest BCUT2D eigenvalue weighted by atomic mass is 10.2. The molecule has 0 atom stereocenters. The number of aryl methyl sites for hydroxylation is 1. The van der Waals surface area contributed by atoms with Crippen LogP contribution in [0.3, 0.4) is 0 Å². The van der Waals surface area contributed by atoms with Gasteiger partial charge in [0.25, 0.3) is 0 Å². The average molecular weight is 513 g/mol. The minimum atomic E-state index is -0.0968. The maximum Gasteiger partial charge on any atom is 0.321 e. The molecule has 1 saturated heterocycles. The summed E-state index contributed by atoms with van der Waals surface area (Å²) in [6, 6.07) is 15.7. The van der Waals surface area contributed by atoms with Crippen molar-refractivity contribution >= 4 is 61.6 Å². The quantitative estimate of drug-likeness (QED) is 0.361. The summed E-state index contributed by atoms with van der Waals surface area (Å²) in [7, 11) is 0. The second kappa shape index (κ2) is 8.64. The van der Waals surface area contributed by atoms with Crippen LogP contribution < -0.4 is 10.2 Å². The van der Waals surface area contributed by atoms with Crippen LogP contribution in [0, 0.1) is 6.92 Å². The van der Waals surface area contributed by atoms with E-state index in [2.05, 4.69) is 48.9 Å². The molecule has 2 aromatic carbocycles. The van der Waals surface area contributed by atoms with Gasteiger partial charge in [0, 0.05) is 47.6 Å². The van der Waals surface area contributed by atoms with Gasteiger partial charge in [-0.05, 0) is 61.4 Å². The number of urea groups is 1. The number of hydrogen-bond acceptors (Lipinski definition) is 3. The SMILES string of the molecule is Cc1ccc(Cl)cc1NC(=O)N1CCCN(c2nc3cc(Br)ccc3n3cccc23)CC1. The van der Waals surface area contributed by atoms with Gasteiger partial charge in [0.1, 0.15) is 0 Å². The van der Waals surface area contributed by atoms with Crippen LogP contribution in [0.1, 0.15) is 12.0 Å².